The summed E-state index contributed by atoms with van der Waals surface area (Å²) in [6.45, 7) is 9.17. The Labute approximate surface area is 126 Å². The Morgan fingerprint density at radius 2 is 1.76 bits per heavy atom. The molecule has 118 valence electrons. The zero-order valence-electron chi connectivity index (χ0n) is 12.9. The molecule has 1 atom stereocenters. The molecule has 3 saturated heterocycles. The number of nitrogens with zero attached hydrogens (tertiary/aromatic N) is 3. The van der Waals surface area contributed by atoms with Gasteiger partial charge in [-0.3, -0.25) is 14.5 Å². The summed E-state index contributed by atoms with van der Waals surface area (Å²) in [5, 5.41) is 3.45. The summed E-state index contributed by atoms with van der Waals surface area (Å²) in [6, 6.07) is 0. The van der Waals surface area contributed by atoms with Crippen molar-refractivity contribution in [2.24, 2.45) is 5.41 Å². The lowest BCUT2D eigenvalue weighted by Crippen LogP contribution is -2.52. The Kier molecular flexibility index (Phi) is 4.17. The Balaban J connectivity index is 1.46. The van der Waals surface area contributed by atoms with E-state index in [1.165, 1.54) is 12.8 Å². The van der Waals surface area contributed by atoms with Crippen molar-refractivity contribution in [3.05, 3.63) is 0 Å². The molecule has 21 heavy (non-hydrogen) atoms. The summed E-state index contributed by atoms with van der Waals surface area (Å²) >= 11 is 0. The maximum atomic E-state index is 12.4. The van der Waals surface area contributed by atoms with Gasteiger partial charge in [-0.2, -0.15) is 0 Å². The Hall–Kier alpha value is -1.14. The zero-order valence-corrected chi connectivity index (χ0v) is 12.9. The molecule has 0 aromatic carbocycles. The quantitative estimate of drug-likeness (QED) is 0.736. The molecule has 3 aliphatic heterocycles. The van der Waals surface area contributed by atoms with E-state index in [4.69, 9.17) is 0 Å². The van der Waals surface area contributed by atoms with Crippen LogP contribution in [0.2, 0.25) is 0 Å². The summed E-state index contributed by atoms with van der Waals surface area (Å²) in [6.07, 6.45) is 2.46. The standard InChI is InChI=1S/C15H26N4O2/c1-13(20)18-6-8-19(9-7-18)14(21)10-17-5-3-15(12-17)2-4-16-11-15/h16H,2-12H2,1H3. The van der Waals surface area contributed by atoms with Gasteiger partial charge in [0.15, 0.2) is 0 Å². The lowest BCUT2D eigenvalue weighted by molar-refractivity contribution is -0.139. The van der Waals surface area contributed by atoms with Crippen molar-refractivity contribution in [3.63, 3.8) is 0 Å². The molecule has 1 unspecified atom stereocenters. The van der Waals surface area contributed by atoms with Gasteiger partial charge in [-0.1, -0.05) is 0 Å². The van der Waals surface area contributed by atoms with Crippen molar-refractivity contribution < 1.29 is 9.59 Å². The van der Waals surface area contributed by atoms with Gasteiger partial charge in [0.1, 0.15) is 0 Å². The molecule has 2 amide bonds. The first kappa shape index (κ1) is 14.8. The molecule has 3 fully saturated rings. The monoisotopic (exact) mass is 294 g/mol. The molecule has 3 rings (SSSR count). The molecule has 0 aromatic rings. The highest BCUT2D eigenvalue weighted by molar-refractivity contribution is 5.79. The van der Waals surface area contributed by atoms with Gasteiger partial charge in [-0.05, 0) is 31.3 Å². The van der Waals surface area contributed by atoms with Crippen LogP contribution in [0.3, 0.4) is 0 Å². The summed E-state index contributed by atoms with van der Waals surface area (Å²) in [5.41, 5.74) is 0.424. The van der Waals surface area contributed by atoms with Gasteiger partial charge in [0.25, 0.3) is 0 Å². The molecule has 3 aliphatic rings. The third-order valence-electron chi connectivity index (χ3n) is 5.29. The number of hydrogen-bond donors (Lipinski definition) is 1. The number of rotatable bonds is 2. The second-order valence-electron chi connectivity index (χ2n) is 6.77. The highest BCUT2D eigenvalue weighted by Crippen LogP contribution is 2.35. The predicted molar refractivity (Wildman–Crippen MR) is 79.8 cm³/mol. The number of carbonyl (C=O) groups excluding carboxylic acids is 2. The topological polar surface area (TPSA) is 55.9 Å². The molecule has 0 aliphatic carbocycles. The molecule has 0 aromatic heterocycles. The highest BCUT2D eigenvalue weighted by atomic mass is 16.2. The van der Waals surface area contributed by atoms with Crippen LogP contribution >= 0.6 is 0 Å². The van der Waals surface area contributed by atoms with Gasteiger partial charge in [0, 0.05) is 46.2 Å². The Morgan fingerprint density at radius 1 is 1.05 bits per heavy atom. The molecule has 0 saturated carbocycles. The van der Waals surface area contributed by atoms with Gasteiger partial charge in [0.2, 0.25) is 11.8 Å². The number of likely N-dealkylation sites (tertiary alicyclic amines) is 1. The van der Waals surface area contributed by atoms with Crippen LogP contribution in [-0.2, 0) is 9.59 Å². The van der Waals surface area contributed by atoms with Crippen molar-refractivity contribution in [1.29, 1.82) is 0 Å². The highest BCUT2D eigenvalue weighted by Gasteiger charge is 2.40. The van der Waals surface area contributed by atoms with Crippen LogP contribution in [0.25, 0.3) is 0 Å². The number of amides is 2. The average molecular weight is 294 g/mol. The van der Waals surface area contributed by atoms with Crippen molar-refractivity contribution in [3.8, 4) is 0 Å². The van der Waals surface area contributed by atoms with E-state index in [-0.39, 0.29) is 11.8 Å². The maximum absolute atomic E-state index is 12.4. The van der Waals surface area contributed by atoms with E-state index >= 15 is 0 Å². The summed E-state index contributed by atoms with van der Waals surface area (Å²) in [4.78, 5) is 29.7. The van der Waals surface area contributed by atoms with E-state index in [9.17, 15) is 9.59 Å². The van der Waals surface area contributed by atoms with Gasteiger partial charge in [0.05, 0.1) is 6.54 Å². The molecule has 6 nitrogen and oxygen atoms in total. The van der Waals surface area contributed by atoms with Crippen molar-refractivity contribution in [1.82, 2.24) is 20.0 Å². The third kappa shape index (κ3) is 3.21. The first-order valence-electron chi connectivity index (χ1n) is 8.04. The fraction of sp³-hybridized carbons (Fsp3) is 0.867. The van der Waals surface area contributed by atoms with Gasteiger partial charge < -0.3 is 15.1 Å². The molecule has 6 heteroatoms. The van der Waals surface area contributed by atoms with Gasteiger partial charge >= 0.3 is 0 Å². The van der Waals surface area contributed by atoms with Crippen LogP contribution < -0.4 is 5.32 Å². The van der Waals surface area contributed by atoms with E-state index < -0.39 is 0 Å². The van der Waals surface area contributed by atoms with Gasteiger partial charge in [-0.15, -0.1) is 0 Å². The van der Waals surface area contributed by atoms with Crippen LogP contribution in [0, 0.1) is 5.41 Å². The van der Waals surface area contributed by atoms with E-state index in [0.717, 1.165) is 26.2 Å². The predicted octanol–water partition coefficient (Wildman–Crippen LogP) is -0.637. The van der Waals surface area contributed by atoms with Crippen LogP contribution in [-0.4, -0.2) is 85.4 Å². The van der Waals surface area contributed by atoms with E-state index in [0.29, 0.717) is 38.1 Å². The lowest BCUT2D eigenvalue weighted by atomic mass is 9.87. The van der Waals surface area contributed by atoms with Crippen molar-refractivity contribution in [2.75, 3.05) is 58.9 Å². The third-order valence-corrected chi connectivity index (χ3v) is 5.29. The van der Waals surface area contributed by atoms with E-state index in [1.807, 2.05) is 9.80 Å². The minimum absolute atomic E-state index is 0.109. The second-order valence-corrected chi connectivity index (χ2v) is 6.77. The first-order chi connectivity index (χ1) is 10.1. The van der Waals surface area contributed by atoms with E-state index in [1.54, 1.807) is 6.92 Å². The summed E-state index contributed by atoms with van der Waals surface area (Å²) in [7, 11) is 0. The first-order valence-corrected chi connectivity index (χ1v) is 8.04. The Morgan fingerprint density at radius 3 is 2.38 bits per heavy atom. The molecule has 0 bridgehead atoms. The molecule has 0 radical (unpaired) electrons. The summed E-state index contributed by atoms with van der Waals surface area (Å²) in [5.74, 6) is 0.332. The average Bonchev–Trinajstić information content (AvgIpc) is 3.09. The molecule has 3 heterocycles. The minimum atomic E-state index is 0.109. The zero-order chi connectivity index (χ0) is 14.9. The molecule has 1 spiro atoms. The van der Waals surface area contributed by atoms with Gasteiger partial charge in [-0.25, -0.2) is 0 Å². The molecular weight excluding hydrogens is 268 g/mol. The largest absolute Gasteiger partial charge is 0.339 e. The smallest absolute Gasteiger partial charge is 0.236 e. The number of piperazine rings is 1. The van der Waals surface area contributed by atoms with Crippen LogP contribution in [0.4, 0.5) is 0 Å². The van der Waals surface area contributed by atoms with Crippen LogP contribution in [0.5, 0.6) is 0 Å². The van der Waals surface area contributed by atoms with Crippen molar-refractivity contribution in [2.45, 2.75) is 19.8 Å². The number of nitrogens with one attached hydrogen (secondary N) is 1. The Bertz CT molecular complexity index is 412. The second kappa shape index (κ2) is 5.93. The van der Waals surface area contributed by atoms with E-state index in [2.05, 4.69) is 10.2 Å². The summed E-state index contributed by atoms with van der Waals surface area (Å²) < 4.78 is 0. The number of carbonyl (C=O) groups is 2. The van der Waals surface area contributed by atoms with Crippen molar-refractivity contribution >= 4 is 11.8 Å². The lowest BCUT2D eigenvalue weighted by Gasteiger charge is -2.35. The fourth-order valence-corrected chi connectivity index (χ4v) is 3.87. The number of hydrogen-bond acceptors (Lipinski definition) is 4. The van der Waals surface area contributed by atoms with Crippen LogP contribution in [0.15, 0.2) is 0 Å². The molecular formula is C15H26N4O2. The van der Waals surface area contributed by atoms with Crippen LogP contribution in [0.1, 0.15) is 19.8 Å². The SMILES string of the molecule is CC(=O)N1CCN(C(=O)CN2CCC3(CCNC3)C2)CC1. The molecule has 1 N–H and O–H groups in total. The fourth-order valence-electron chi connectivity index (χ4n) is 3.87. The maximum Gasteiger partial charge on any atom is 0.236 e. The normalized spacial score (nSPS) is 30.3. The minimum Gasteiger partial charge on any atom is -0.339 e.